The number of rotatable bonds is 5. The van der Waals surface area contributed by atoms with Crippen LogP contribution in [0.15, 0.2) is 29.2 Å². The fourth-order valence-electron chi connectivity index (χ4n) is 1.31. The Morgan fingerprint density at radius 1 is 1.41 bits per heavy atom. The minimum atomic E-state index is -3.59. The quantitative estimate of drug-likeness (QED) is 0.819. The van der Waals surface area contributed by atoms with Gasteiger partial charge in [-0.1, -0.05) is 6.07 Å². The monoisotopic (exact) mass is 259 g/mol. The zero-order valence-electron chi connectivity index (χ0n) is 9.87. The number of hydrogen-bond donors (Lipinski definition) is 2. The van der Waals surface area contributed by atoms with Gasteiger partial charge in [0.1, 0.15) is 5.75 Å². The molecule has 6 heteroatoms. The summed E-state index contributed by atoms with van der Waals surface area (Å²) in [6.07, 6.45) is -0.175. The van der Waals surface area contributed by atoms with Crippen molar-refractivity contribution in [2.75, 3.05) is 13.6 Å². The van der Waals surface area contributed by atoms with Crippen LogP contribution < -0.4 is 0 Å². The number of aliphatic hydroxyl groups is 1. The number of nitrogens with zero attached hydrogens (tertiary/aromatic N) is 1. The molecule has 17 heavy (non-hydrogen) atoms. The average molecular weight is 259 g/mol. The highest BCUT2D eigenvalue weighted by atomic mass is 32.2. The zero-order chi connectivity index (χ0) is 13.1. The van der Waals surface area contributed by atoms with E-state index in [2.05, 4.69) is 0 Å². The number of hydrogen-bond acceptors (Lipinski definition) is 4. The van der Waals surface area contributed by atoms with E-state index in [0.717, 1.165) is 4.31 Å². The van der Waals surface area contributed by atoms with Crippen molar-refractivity contribution in [3.8, 4) is 5.75 Å². The largest absolute Gasteiger partial charge is 0.508 e. The lowest BCUT2D eigenvalue weighted by atomic mass is 10.3. The van der Waals surface area contributed by atoms with Gasteiger partial charge < -0.3 is 10.2 Å². The number of aliphatic hydroxyl groups excluding tert-OH is 1. The molecular formula is C11H17NO4S. The molecule has 1 atom stereocenters. The fourth-order valence-corrected chi connectivity index (χ4v) is 2.54. The molecule has 1 unspecified atom stereocenters. The molecule has 0 saturated heterocycles. The molecule has 5 nitrogen and oxygen atoms in total. The average Bonchev–Trinajstić information content (AvgIpc) is 2.25. The van der Waals surface area contributed by atoms with E-state index < -0.39 is 16.1 Å². The predicted molar refractivity (Wildman–Crippen MR) is 64.2 cm³/mol. The molecule has 96 valence electrons. The van der Waals surface area contributed by atoms with Crippen molar-refractivity contribution in [3.05, 3.63) is 24.3 Å². The van der Waals surface area contributed by atoms with Gasteiger partial charge in [-0.3, -0.25) is 0 Å². The van der Waals surface area contributed by atoms with Crippen molar-refractivity contribution in [1.82, 2.24) is 4.31 Å². The molecule has 1 aromatic rings. The maximum Gasteiger partial charge on any atom is 0.242 e. The van der Waals surface area contributed by atoms with E-state index in [1.54, 1.807) is 6.92 Å². The zero-order valence-corrected chi connectivity index (χ0v) is 10.7. The second-order valence-corrected chi connectivity index (χ2v) is 6.01. The Morgan fingerprint density at radius 3 is 2.59 bits per heavy atom. The first kappa shape index (κ1) is 14.0. The van der Waals surface area contributed by atoms with Gasteiger partial charge >= 0.3 is 0 Å². The molecule has 0 heterocycles. The molecule has 0 fully saturated rings. The topological polar surface area (TPSA) is 77.8 Å². The third-order valence-electron chi connectivity index (χ3n) is 2.39. The number of sulfonamides is 1. The van der Waals surface area contributed by atoms with Gasteiger partial charge in [0.15, 0.2) is 0 Å². The number of benzene rings is 1. The van der Waals surface area contributed by atoms with Gasteiger partial charge in [0.05, 0.1) is 11.0 Å². The minimum Gasteiger partial charge on any atom is -0.508 e. The summed E-state index contributed by atoms with van der Waals surface area (Å²) in [6, 6.07) is 5.52. The third kappa shape index (κ3) is 3.69. The Bertz CT molecular complexity index is 470. The minimum absolute atomic E-state index is 0.0468. The summed E-state index contributed by atoms with van der Waals surface area (Å²) >= 11 is 0. The van der Waals surface area contributed by atoms with E-state index in [1.807, 2.05) is 0 Å². The second kappa shape index (κ2) is 5.48. The molecule has 2 N–H and O–H groups in total. The molecule has 0 bridgehead atoms. The number of phenolic OH excluding ortho intramolecular Hbond substituents is 1. The van der Waals surface area contributed by atoms with Gasteiger partial charge in [-0.2, -0.15) is 0 Å². The van der Waals surface area contributed by atoms with Crippen LogP contribution in [0, 0.1) is 0 Å². The lowest BCUT2D eigenvalue weighted by molar-refractivity contribution is 0.177. The van der Waals surface area contributed by atoms with Crippen LogP contribution in [0.3, 0.4) is 0 Å². The highest BCUT2D eigenvalue weighted by Gasteiger charge is 2.20. The first-order valence-electron chi connectivity index (χ1n) is 5.27. The molecule has 1 aromatic carbocycles. The number of phenols is 1. The van der Waals surface area contributed by atoms with E-state index in [9.17, 15) is 13.5 Å². The van der Waals surface area contributed by atoms with Crippen LogP contribution in [0.5, 0.6) is 5.75 Å². The van der Waals surface area contributed by atoms with Crippen LogP contribution in [0.4, 0.5) is 0 Å². The van der Waals surface area contributed by atoms with Crippen molar-refractivity contribution in [2.24, 2.45) is 0 Å². The molecule has 0 aromatic heterocycles. The summed E-state index contributed by atoms with van der Waals surface area (Å²) in [5.74, 6) is -0.0880. The Hall–Kier alpha value is -1.11. The second-order valence-electron chi connectivity index (χ2n) is 3.96. The summed E-state index contributed by atoms with van der Waals surface area (Å²) in [5.41, 5.74) is 0. The first-order valence-corrected chi connectivity index (χ1v) is 6.71. The van der Waals surface area contributed by atoms with Crippen molar-refractivity contribution in [3.63, 3.8) is 0 Å². The van der Waals surface area contributed by atoms with Crippen LogP contribution in [0.2, 0.25) is 0 Å². The lowest BCUT2D eigenvalue weighted by Crippen LogP contribution is -2.29. The molecule has 0 aliphatic carbocycles. The maximum atomic E-state index is 12.0. The first-order chi connectivity index (χ1) is 7.84. The van der Waals surface area contributed by atoms with Gasteiger partial charge in [-0.25, -0.2) is 12.7 Å². The van der Waals surface area contributed by atoms with Crippen molar-refractivity contribution in [1.29, 1.82) is 0 Å². The van der Waals surface area contributed by atoms with Crippen LogP contribution in [-0.4, -0.2) is 42.6 Å². The van der Waals surface area contributed by atoms with Gasteiger partial charge in [-0.15, -0.1) is 0 Å². The molecule has 0 amide bonds. The van der Waals surface area contributed by atoms with E-state index in [0.29, 0.717) is 6.42 Å². The van der Waals surface area contributed by atoms with Crippen LogP contribution in [0.25, 0.3) is 0 Å². The molecule has 0 radical (unpaired) electrons. The van der Waals surface area contributed by atoms with Crippen molar-refractivity contribution < 1.29 is 18.6 Å². The Labute approximate surface area is 101 Å². The molecule has 0 aliphatic heterocycles. The van der Waals surface area contributed by atoms with Gasteiger partial charge in [0, 0.05) is 13.6 Å². The molecule has 0 saturated carbocycles. The Kier molecular flexibility index (Phi) is 4.50. The standard InChI is InChI=1S/C11H17NO4S/c1-9(13)6-7-12(2)17(15,16)11-5-3-4-10(14)8-11/h3-5,8-9,13-14H,6-7H2,1-2H3. The van der Waals surface area contributed by atoms with Crippen molar-refractivity contribution in [2.45, 2.75) is 24.3 Å². The fraction of sp³-hybridized carbons (Fsp3) is 0.455. The molecule has 0 spiro atoms. The molecule has 0 aliphatic rings. The predicted octanol–water partition coefficient (Wildman–Crippen LogP) is 0.784. The van der Waals surface area contributed by atoms with Crippen LogP contribution in [0.1, 0.15) is 13.3 Å². The molecule has 1 rings (SSSR count). The van der Waals surface area contributed by atoms with E-state index >= 15 is 0 Å². The Morgan fingerprint density at radius 2 is 2.06 bits per heavy atom. The third-order valence-corrected chi connectivity index (χ3v) is 4.24. The van der Waals surface area contributed by atoms with Crippen LogP contribution in [-0.2, 0) is 10.0 Å². The summed E-state index contributed by atoms with van der Waals surface area (Å²) < 4.78 is 25.2. The van der Waals surface area contributed by atoms with Gasteiger partial charge in [0.25, 0.3) is 0 Å². The maximum absolute atomic E-state index is 12.0. The normalized spacial score (nSPS) is 13.9. The molecular weight excluding hydrogens is 242 g/mol. The number of aromatic hydroxyl groups is 1. The SMILES string of the molecule is CC(O)CCN(C)S(=O)(=O)c1cccc(O)c1. The van der Waals surface area contributed by atoms with Crippen LogP contribution >= 0.6 is 0 Å². The highest BCUT2D eigenvalue weighted by molar-refractivity contribution is 7.89. The van der Waals surface area contributed by atoms with E-state index in [4.69, 9.17) is 5.11 Å². The summed E-state index contributed by atoms with van der Waals surface area (Å²) in [6.45, 7) is 1.84. The smallest absolute Gasteiger partial charge is 0.242 e. The van der Waals surface area contributed by atoms with Gasteiger partial charge in [0.2, 0.25) is 10.0 Å². The van der Waals surface area contributed by atoms with Gasteiger partial charge in [-0.05, 0) is 31.5 Å². The van der Waals surface area contributed by atoms with Crippen molar-refractivity contribution >= 4 is 10.0 Å². The van der Waals surface area contributed by atoms with E-state index in [-0.39, 0.29) is 17.2 Å². The highest BCUT2D eigenvalue weighted by Crippen LogP contribution is 2.19. The Balaban J connectivity index is 2.88. The summed E-state index contributed by atoms with van der Waals surface area (Å²) in [5, 5.41) is 18.4. The summed E-state index contributed by atoms with van der Waals surface area (Å²) in [7, 11) is -2.15. The van der Waals surface area contributed by atoms with E-state index in [1.165, 1.54) is 31.3 Å². The lowest BCUT2D eigenvalue weighted by Gasteiger charge is -2.17. The summed E-state index contributed by atoms with van der Waals surface area (Å²) in [4.78, 5) is 0.0468.